The molecule has 1 saturated carbocycles. The smallest absolute Gasteiger partial charge is 0.140 e. The molecule has 0 aromatic rings. The summed E-state index contributed by atoms with van der Waals surface area (Å²) in [5.74, 6) is 0. The zero-order valence-electron chi connectivity index (χ0n) is 7.39. The van der Waals surface area contributed by atoms with E-state index in [0.717, 1.165) is 25.5 Å². The highest BCUT2D eigenvalue weighted by Crippen LogP contribution is 2.40. The molecule has 11 heavy (non-hydrogen) atoms. The third-order valence-corrected chi connectivity index (χ3v) is 3.11. The average molecular weight is 155 g/mol. The average Bonchev–Trinajstić information content (AvgIpc) is 1.95. The lowest BCUT2D eigenvalue weighted by Crippen LogP contribution is -2.55. The van der Waals surface area contributed by atoms with Crippen LogP contribution in [-0.2, 0) is 4.79 Å². The van der Waals surface area contributed by atoms with Gasteiger partial charge in [-0.3, -0.25) is 0 Å². The van der Waals surface area contributed by atoms with E-state index < -0.39 is 5.54 Å². The molecule has 0 amide bonds. The van der Waals surface area contributed by atoms with Crippen LogP contribution in [0.15, 0.2) is 0 Å². The molecule has 0 saturated heterocycles. The molecule has 2 heteroatoms. The molecule has 0 bridgehead atoms. The maximum atomic E-state index is 10.8. The van der Waals surface area contributed by atoms with Gasteiger partial charge in [0, 0.05) is 0 Å². The molecule has 0 heterocycles. The van der Waals surface area contributed by atoms with Crippen LogP contribution < -0.4 is 5.73 Å². The van der Waals surface area contributed by atoms with Crippen LogP contribution in [-0.4, -0.2) is 11.8 Å². The Hall–Kier alpha value is -0.370. The van der Waals surface area contributed by atoms with Crippen molar-refractivity contribution in [1.82, 2.24) is 0 Å². The summed E-state index contributed by atoms with van der Waals surface area (Å²) >= 11 is 0. The summed E-state index contributed by atoms with van der Waals surface area (Å²) in [6.07, 6.45) is 5.16. The van der Waals surface area contributed by atoms with E-state index in [4.69, 9.17) is 5.73 Å². The predicted octanol–water partition coefficient (Wildman–Crippen LogP) is 1.48. The molecule has 1 unspecified atom stereocenters. The fraction of sp³-hybridized carbons (Fsp3) is 0.889. The Morgan fingerprint density at radius 1 is 1.27 bits per heavy atom. The van der Waals surface area contributed by atoms with Crippen molar-refractivity contribution in [2.24, 2.45) is 11.1 Å². The third-order valence-electron chi connectivity index (χ3n) is 3.11. The van der Waals surface area contributed by atoms with E-state index in [-0.39, 0.29) is 5.41 Å². The largest absolute Gasteiger partial charge is 0.319 e. The molecule has 2 nitrogen and oxygen atoms in total. The Kier molecular flexibility index (Phi) is 2.06. The first-order valence-corrected chi connectivity index (χ1v) is 4.27. The van der Waals surface area contributed by atoms with E-state index in [0.29, 0.717) is 0 Å². The zero-order valence-corrected chi connectivity index (χ0v) is 7.39. The fourth-order valence-corrected chi connectivity index (χ4v) is 1.77. The quantitative estimate of drug-likeness (QED) is 0.583. The van der Waals surface area contributed by atoms with Crippen molar-refractivity contribution < 1.29 is 4.79 Å². The van der Waals surface area contributed by atoms with Crippen LogP contribution in [0.3, 0.4) is 0 Å². The lowest BCUT2D eigenvalue weighted by molar-refractivity contribution is -0.117. The highest BCUT2D eigenvalue weighted by atomic mass is 16.1. The fourth-order valence-electron chi connectivity index (χ4n) is 1.77. The molecule has 0 aromatic carbocycles. The first-order chi connectivity index (χ1) is 5.02. The van der Waals surface area contributed by atoms with Gasteiger partial charge in [-0.25, -0.2) is 0 Å². The van der Waals surface area contributed by atoms with Crippen LogP contribution in [0, 0.1) is 5.41 Å². The molecule has 64 valence electrons. The van der Waals surface area contributed by atoms with Crippen molar-refractivity contribution in [2.45, 2.75) is 45.1 Å². The van der Waals surface area contributed by atoms with E-state index >= 15 is 0 Å². The molecule has 0 aliphatic heterocycles. The van der Waals surface area contributed by atoms with Crippen molar-refractivity contribution in [1.29, 1.82) is 0 Å². The summed E-state index contributed by atoms with van der Waals surface area (Å²) in [6, 6.07) is 0. The Balaban J connectivity index is 2.82. The van der Waals surface area contributed by atoms with Crippen molar-refractivity contribution in [2.75, 3.05) is 0 Å². The summed E-state index contributed by atoms with van der Waals surface area (Å²) in [5.41, 5.74) is 5.40. The van der Waals surface area contributed by atoms with Crippen LogP contribution in [0.1, 0.15) is 39.5 Å². The van der Waals surface area contributed by atoms with Crippen molar-refractivity contribution in [3.63, 3.8) is 0 Å². The second-order valence-corrected chi connectivity index (χ2v) is 4.25. The molecular weight excluding hydrogens is 138 g/mol. The Morgan fingerprint density at radius 3 is 2.18 bits per heavy atom. The maximum absolute atomic E-state index is 10.8. The highest BCUT2D eigenvalue weighted by Gasteiger charge is 2.43. The molecule has 1 aliphatic rings. The number of aldehydes is 1. The molecule has 2 N–H and O–H groups in total. The molecule has 0 aromatic heterocycles. The first kappa shape index (κ1) is 8.72. The van der Waals surface area contributed by atoms with Crippen LogP contribution in [0.25, 0.3) is 0 Å². The van der Waals surface area contributed by atoms with E-state index in [1.807, 2.05) is 0 Å². The maximum Gasteiger partial charge on any atom is 0.140 e. The van der Waals surface area contributed by atoms with Gasteiger partial charge in [0.05, 0.1) is 5.54 Å². The lowest BCUT2D eigenvalue weighted by atomic mass is 9.64. The van der Waals surface area contributed by atoms with Gasteiger partial charge < -0.3 is 10.5 Å². The van der Waals surface area contributed by atoms with Gasteiger partial charge in [0.2, 0.25) is 0 Å². The van der Waals surface area contributed by atoms with Crippen LogP contribution in [0.4, 0.5) is 0 Å². The Labute approximate surface area is 68.2 Å². The van der Waals surface area contributed by atoms with Gasteiger partial charge in [-0.15, -0.1) is 0 Å². The van der Waals surface area contributed by atoms with Gasteiger partial charge >= 0.3 is 0 Å². The minimum absolute atomic E-state index is 0.00694. The molecular formula is C9H17NO. The molecule has 1 atom stereocenters. The summed E-state index contributed by atoms with van der Waals surface area (Å²) in [4.78, 5) is 10.8. The Morgan fingerprint density at radius 2 is 1.82 bits per heavy atom. The van der Waals surface area contributed by atoms with E-state index in [9.17, 15) is 4.79 Å². The van der Waals surface area contributed by atoms with Gasteiger partial charge in [-0.1, -0.05) is 26.7 Å². The van der Waals surface area contributed by atoms with E-state index in [1.165, 1.54) is 6.42 Å². The van der Waals surface area contributed by atoms with Gasteiger partial charge in [0.25, 0.3) is 0 Å². The normalized spacial score (nSPS) is 36.6. The van der Waals surface area contributed by atoms with Crippen molar-refractivity contribution >= 4 is 6.29 Å². The number of rotatable bonds is 1. The van der Waals surface area contributed by atoms with Crippen molar-refractivity contribution in [3.05, 3.63) is 0 Å². The minimum atomic E-state index is -0.564. The third kappa shape index (κ3) is 1.32. The number of carbonyl (C=O) groups is 1. The van der Waals surface area contributed by atoms with Crippen LogP contribution in [0.2, 0.25) is 0 Å². The molecule has 1 fully saturated rings. The van der Waals surface area contributed by atoms with Gasteiger partial charge in [0.1, 0.15) is 6.29 Å². The summed E-state index contributed by atoms with van der Waals surface area (Å²) in [6.45, 7) is 4.17. The summed E-state index contributed by atoms with van der Waals surface area (Å²) in [5, 5.41) is 0. The number of hydrogen-bond donors (Lipinski definition) is 1. The van der Waals surface area contributed by atoms with Gasteiger partial charge in [-0.2, -0.15) is 0 Å². The van der Waals surface area contributed by atoms with Crippen LogP contribution >= 0.6 is 0 Å². The zero-order chi connectivity index (χ0) is 8.54. The van der Waals surface area contributed by atoms with E-state index in [1.54, 1.807) is 0 Å². The molecule has 1 rings (SSSR count). The minimum Gasteiger partial charge on any atom is -0.319 e. The van der Waals surface area contributed by atoms with Gasteiger partial charge in [0.15, 0.2) is 0 Å². The molecule has 1 aliphatic carbocycles. The van der Waals surface area contributed by atoms with Crippen LogP contribution in [0.5, 0.6) is 0 Å². The second-order valence-electron chi connectivity index (χ2n) is 4.25. The number of carbonyl (C=O) groups excluding carboxylic acids is 1. The lowest BCUT2D eigenvalue weighted by Gasteiger charge is -2.43. The van der Waals surface area contributed by atoms with E-state index in [2.05, 4.69) is 13.8 Å². The Bertz CT molecular complexity index is 165. The van der Waals surface area contributed by atoms with Gasteiger partial charge in [-0.05, 0) is 18.3 Å². The SMILES string of the molecule is CC1(C)CCCCC1(N)C=O. The summed E-state index contributed by atoms with van der Waals surface area (Å²) < 4.78 is 0. The first-order valence-electron chi connectivity index (χ1n) is 4.27. The summed E-state index contributed by atoms with van der Waals surface area (Å²) in [7, 11) is 0. The number of hydrogen-bond acceptors (Lipinski definition) is 2. The molecule has 0 spiro atoms. The predicted molar refractivity (Wildman–Crippen MR) is 45.2 cm³/mol. The molecule has 0 radical (unpaired) electrons. The second kappa shape index (κ2) is 2.59. The monoisotopic (exact) mass is 155 g/mol. The topological polar surface area (TPSA) is 43.1 Å². The van der Waals surface area contributed by atoms with Crippen molar-refractivity contribution in [3.8, 4) is 0 Å². The standard InChI is InChI=1S/C9H17NO/c1-8(2)5-3-4-6-9(8,10)7-11/h7H,3-6,10H2,1-2H3. The highest BCUT2D eigenvalue weighted by molar-refractivity contribution is 5.65. The number of nitrogens with two attached hydrogens (primary N) is 1.